The number of aromatic nitrogens is 2. The lowest BCUT2D eigenvalue weighted by atomic mass is 10.0. The quantitative estimate of drug-likeness (QED) is 0.395. The zero-order chi connectivity index (χ0) is 24.4. The Morgan fingerprint density at radius 3 is 2.19 bits per heavy atom. The Kier molecular flexibility index (Phi) is 7.84. The van der Waals surface area contributed by atoms with E-state index >= 15 is 0 Å². The molecule has 1 amide bonds. The molecule has 0 bridgehead atoms. The molecule has 0 aliphatic carbocycles. The molecule has 5 rings (SSSR count). The van der Waals surface area contributed by atoms with Gasteiger partial charge in [0.25, 0.3) is 5.91 Å². The number of piperazine rings is 1. The van der Waals surface area contributed by atoms with Crippen molar-refractivity contribution in [2.24, 2.45) is 0 Å². The van der Waals surface area contributed by atoms with Gasteiger partial charge in [-0.25, -0.2) is 23.9 Å². The summed E-state index contributed by atoms with van der Waals surface area (Å²) in [5.74, 6) is -0.0919. The second-order valence-electron chi connectivity index (χ2n) is 8.88. The van der Waals surface area contributed by atoms with Gasteiger partial charge in [0.05, 0.1) is 10.5 Å². The van der Waals surface area contributed by atoms with Gasteiger partial charge in [0, 0.05) is 57.7 Å². The van der Waals surface area contributed by atoms with Crippen molar-refractivity contribution < 1.29 is 18.4 Å². The van der Waals surface area contributed by atoms with Crippen LogP contribution in [0.4, 0.5) is 5.95 Å². The summed E-state index contributed by atoms with van der Waals surface area (Å²) in [7, 11) is -3.52. The van der Waals surface area contributed by atoms with Crippen LogP contribution < -0.4 is 10.4 Å². The third-order valence-corrected chi connectivity index (χ3v) is 8.79. The third kappa shape index (κ3) is 5.19. The molecule has 2 aliphatic rings. The van der Waals surface area contributed by atoms with E-state index in [0.29, 0.717) is 30.0 Å². The van der Waals surface area contributed by atoms with Crippen LogP contribution in [0.5, 0.6) is 0 Å². The van der Waals surface area contributed by atoms with Gasteiger partial charge in [0.15, 0.2) is 0 Å². The summed E-state index contributed by atoms with van der Waals surface area (Å²) >= 11 is 0. The fourth-order valence-corrected chi connectivity index (χ4v) is 6.38. The van der Waals surface area contributed by atoms with Crippen LogP contribution in [-0.4, -0.2) is 84.0 Å². The van der Waals surface area contributed by atoms with E-state index in [1.807, 2.05) is 30.3 Å². The lowest BCUT2D eigenvalue weighted by Gasteiger charge is -2.42. The Bertz CT molecular complexity index is 1300. The Morgan fingerprint density at radius 2 is 1.56 bits per heavy atom. The number of benzene rings is 2. The standard InChI is InChI=1S/C24H28N6O4S.CH4/c31-23(27-32)20-16-25-24(26-17-20)29-13-11-28(12-14-29)21-7-9-30(10-8-21)35(33,34)22-6-5-18-3-1-2-4-19(18)15-22;/h1-6,15-17,21,32H,7-14H2,(H,27,31);1H4. The van der Waals surface area contributed by atoms with Gasteiger partial charge in [-0.3, -0.25) is 14.9 Å². The van der Waals surface area contributed by atoms with E-state index in [0.717, 1.165) is 49.8 Å². The third-order valence-electron chi connectivity index (χ3n) is 6.90. The number of hydroxylamine groups is 1. The monoisotopic (exact) mass is 512 g/mol. The molecule has 36 heavy (non-hydrogen) atoms. The molecule has 1 aromatic heterocycles. The molecule has 0 spiro atoms. The number of nitrogens with one attached hydrogen (secondary N) is 1. The maximum Gasteiger partial charge on any atom is 0.277 e. The average Bonchev–Trinajstić information content (AvgIpc) is 2.92. The normalized spacial score (nSPS) is 18.1. The molecular formula is C25H32N6O4S. The van der Waals surface area contributed by atoms with Crippen LogP contribution in [0.3, 0.4) is 0 Å². The lowest BCUT2D eigenvalue weighted by molar-refractivity contribution is 0.0705. The topological polar surface area (TPSA) is 119 Å². The highest BCUT2D eigenvalue weighted by Crippen LogP contribution is 2.26. The summed E-state index contributed by atoms with van der Waals surface area (Å²) in [6.07, 6.45) is 4.39. The maximum absolute atomic E-state index is 13.3. The first-order valence-electron chi connectivity index (χ1n) is 11.7. The van der Waals surface area contributed by atoms with Crippen molar-refractivity contribution in [3.05, 3.63) is 60.4 Å². The fraction of sp³-hybridized carbons (Fsp3) is 0.400. The Balaban J connectivity index is 0.00000304. The summed E-state index contributed by atoms with van der Waals surface area (Å²) in [5.41, 5.74) is 1.77. The first-order valence-corrected chi connectivity index (χ1v) is 13.1. The molecule has 10 nitrogen and oxygen atoms in total. The van der Waals surface area contributed by atoms with Crippen LogP contribution in [0.25, 0.3) is 10.8 Å². The predicted octanol–water partition coefficient (Wildman–Crippen LogP) is 2.36. The molecule has 3 aromatic rings. The minimum Gasteiger partial charge on any atom is -0.338 e. The summed E-state index contributed by atoms with van der Waals surface area (Å²) < 4.78 is 28.1. The highest BCUT2D eigenvalue weighted by Gasteiger charge is 2.33. The molecule has 11 heteroatoms. The van der Waals surface area contributed by atoms with Crippen molar-refractivity contribution in [3.8, 4) is 0 Å². The minimum absolute atomic E-state index is 0. The average molecular weight is 513 g/mol. The van der Waals surface area contributed by atoms with E-state index in [1.54, 1.807) is 21.9 Å². The lowest BCUT2D eigenvalue weighted by Crippen LogP contribution is -2.54. The zero-order valence-corrected chi connectivity index (χ0v) is 20.1. The number of hydrogen-bond acceptors (Lipinski definition) is 8. The van der Waals surface area contributed by atoms with Crippen molar-refractivity contribution in [3.63, 3.8) is 0 Å². The summed E-state index contributed by atoms with van der Waals surface area (Å²) in [4.78, 5) is 24.8. The molecule has 0 atom stereocenters. The minimum atomic E-state index is -3.52. The van der Waals surface area contributed by atoms with Crippen molar-refractivity contribution in [1.82, 2.24) is 24.7 Å². The van der Waals surface area contributed by atoms with E-state index in [9.17, 15) is 13.2 Å². The van der Waals surface area contributed by atoms with E-state index in [2.05, 4.69) is 19.8 Å². The van der Waals surface area contributed by atoms with Gasteiger partial charge >= 0.3 is 0 Å². The van der Waals surface area contributed by atoms with Crippen molar-refractivity contribution >= 4 is 32.7 Å². The molecule has 2 fully saturated rings. The SMILES string of the molecule is C.O=C(NO)c1cnc(N2CCN(C3CCN(S(=O)(=O)c4ccc5ccccc5c4)CC3)CC2)nc1. The van der Waals surface area contributed by atoms with E-state index in [1.165, 1.54) is 12.4 Å². The van der Waals surface area contributed by atoms with E-state index in [4.69, 9.17) is 5.21 Å². The van der Waals surface area contributed by atoms with Gasteiger partial charge in [0.2, 0.25) is 16.0 Å². The number of hydrogen-bond donors (Lipinski definition) is 2. The first-order chi connectivity index (χ1) is 17.0. The molecule has 0 saturated carbocycles. The van der Waals surface area contributed by atoms with Crippen LogP contribution in [0.2, 0.25) is 0 Å². The second kappa shape index (κ2) is 10.9. The van der Waals surface area contributed by atoms with E-state index < -0.39 is 15.9 Å². The van der Waals surface area contributed by atoms with Crippen molar-refractivity contribution in [1.29, 1.82) is 0 Å². The maximum atomic E-state index is 13.3. The second-order valence-corrected chi connectivity index (χ2v) is 10.8. The number of rotatable bonds is 5. The largest absolute Gasteiger partial charge is 0.338 e. The van der Waals surface area contributed by atoms with Crippen LogP contribution in [-0.2, 0) is 10.0 Å². The van der Waals surface area contributed by atoms with E-state index in [-0.39, 0.29) is 13.0 Å². The molecule has 0 radical (unpaired) electrons. The smallest absolute Gasteiger partial charge is 0.277 e. The highest BCUT2D eigenvalue weighted by molar-refractivity contribution is 7.89. The number of carbonyl (C=O) groups excluding carboxylic acids is 1. The Labute approximate surface area is 211 Å². The number of fused-ring (bicyclic) bond motifs is 1. The molecule has 2 aromatic carbocycles. The van der Waals surface area contributed by atoms with Crippen LogP contribution in [0.15, 0.2) is 59.8 Å². The van der Waals surface area contributed by atoms with Gasteiger partial charge < -0.3 is 4.90 Å². The van der Waals surface area contributed by atoms with Gasteiger partial charge in [-0.2, -0.15) is 4.31 Å². The fourth-order valence-electron chi connectivity index (χ4n) is 4.88. The van der Waals surface area contributed by atoms with Crippen LogP contribution >= 0.6 is 0 Å². The molecular weight excluding hydrogens is 480 g/mol. The van der Waals surface area contributed by atoms with Gasteiger partial charge in [-0.1, -0.05) is 37.8 Å². The first kappa shape index (κ1) is 26.0. The number of piperidine rings is 1. The molecule has 3 heterocycles. The molecule has 2 saturated heterocycles. The Hall–Kier alpha value is -3.12. The number of anilines is 1. The predicted molar refractivity (Wildman–Crippen MR) is 138 cm³/mol. The van der Waals surface area contributed by atoms with Crippen LogP contribution in [0, 0.1) is 0 Å². The number of carbonyl (C=O) groups is 1. The van der Waals surface area contributed by atoms with Gasteiger partial charge in [-0.15, -0.1) is 0 Å². The van der Waals surface area contributed by atoms with Crippen molar-refractivity contribution in [2.45, 2.75) is 31.2 Å². The summed E-state index contributed by atoms with van der Waals surface area (Å²) in [6, 6.07) is 13.5. The highest BCUT2D eigenvalue weighted by atomic mass is 32.2. The van der Waals surface area contributed by atoms with Crippen molar-refractivity contribution in [2.75, 3.05) is 44.2 Å². The van der Waals surface area contributed by atoms with Gasteiger partial charge in [-0.05, 0) is 35.7 Å². The summed E-state index contributed by atoms with van der Waals surface area (Å²) in [5, 5.41) is 10.7. The number of amides is 1. The zero-order valence-electron chi connectivity index (χ0n) is 19.2. The van der Waals surface area contributed by atoms with Crippen LogP contribution in [0.1, 0.15) is 30.6 Å². The molecule has 2 aliphatic heterocycles. The number of nitrogens with zero attached hydrogens (tertiary/aromatic N) is 5. The molecule has 2 N–H and O–H groups in total. The Morgan fingerprint density at radius 1 is 0.917 bits per heavy atom. The number of sulfonamides is 1. The summed E-state index contributed by atoms with van der Waals surface area (Å²) in [6.45, 7) is 4.20. The molecule has 192 valence electrons. The van der Waals surface area contributed by atoms with Gasteiger partial charge in [0.1, 0.15) is 0 Å². The molecule has 0 unspecified atom stereocenters.